The number of benzene rings is 1. The van der Waals surface area contributed by atoms with Crippen LogP contribution in [-0.2, 0) is 4.74 Å². The maximum absolute atomic E-state index is 11.6. The molecule has 0 aliphatic rings. The molecule has 4 heteroatoms. The van der Waals surface area contributed by atoms with Gasteiger partial charge in [0.05, 0.1) is 22.2 Å². The van der Waals surface area contributed by atoms with Gasteiger partial charge >= 0.3 is 5.97 Å². The van der Waals surface area contributed by atoms with Crippen LogP contribution in [0, 0.1) is 0 Å². The topological polar surface area (TPSA) is 26.3 Å². The quantitative estimate of drug-likeness (QED) is 0.554. The van der Waals surface area contributed by atoms with Gasteiger partial charge in [0.25, 0.3) is 0 Å². The molecular formula is C13H16Cl2O2. The predicted octanol–water partition coefficient (Wildman–Crippen LogP) is 4.73. The molecule has 0 radical (unpaired) electrons. The molecule has 0 N–H and O–H groups in total. The van der Waals surface area contributed by atoms with E-state index in [1.165, 1.54) is 18.9 Å². The molecule has 0 fully saturated rings. The van der Waals surface area contributed by atoms with Crippen LogP contribution in [0.4, 0.5) is 0 Å². The van der Waals surface area contributed by atoms with Crippen LogP contribution in [0.5, 0.6) is 0 Å². The first-order valence-electron chi connectivity index (χ1n) is 5.77. The summed E-state index contributed by atoms with van der Waals surface area (Å²) in [5.41, 5.74) is 0.440. The lowest BCUT2D eigenvalue weighted by Crippen LogP contribution is -2.06. The number of rotatable bonds is 6. The van der Waals surface area contributed by atoms with Crippen LogP contribution >= 0.6 is 23.2 Å². The highest BCUT2D eigenvalue weighted by atomic mass is 35.5. The van der Waals surface area contributed by atoms with E-state index in [2.05, 4.69) is 6.92 Å². The summed E-state index contributed by atoms with van der Waals surface area (Å²) in [6.45, 7) is 2.60. The van der Waals surface area contributed by atoms with E-state index in [9.17, 15) is 4.79 Å². The Morgan fingerprint density at radius 3 is 2.59 bits per heavy atom. The Balaban J connectivity index is 2.39. The summed E-state index contributed by atoms with van der Waals surface area (Å²) in [6.07, 6.45) is 4.33. The first kappa shape index (κ1) is 14.3. The highest BCUT2D eigenvalue weighted by molar-refractivity contribution is 6.42. The molecule has 94 valence electrons. The van der Waals surface area contributed by atoms with Crippen LogP contribution in [0.2, 0.25) is 10.0 Å². The van der Waals surface area contributed by atoms with E-state index in [0.717, 1.165) is 12.8 Å². The second-order valence-electron chi connectivity index (χ2n) is 3.83. The lowest BCUT2D eigenvalue weighted by molar-refractivity contribution is 0.0498. The molecular weight excluding hydrogens is 259 g/mol. The van der Waals surface area contributed by atoms with Crippen molar-refractivity contribution < 1.29 is 9.53 Å². The molecule has 0 spiro atoms. The highest BCUT2D eigenvalue weighted by Gasteiger charge is 2.08. The Labute approximate surface area is 112 Å². The molecule has 1 aromatic carbocycles. The first-order valence-corrected chi connectivity index (χ1v) is 6.53. The second kappa shape index (κ2) is 7.57. The lowest BCUT2D eigenvalue weighted by atomic mass is 10.2. The van der Waals surface area contributed by atoms with Crippen LogP contribution in [0.15, 0.2) is 18.2 Å². The van der Waals surface area contributed by atoms with Crippen molar-refractivity contribution in [3.8, 4) is 0 Å². The van der Waals surface area contributed by atoms with Crippen LogP contribution in [0.25, 0.3) is 0 Å². The summed E-state index contributed by atoms with van der Waals surface area (Å²) in [5.74, 6) is -0.347. The molecule has 0 aliphatic carbocycles. The summed E-state index contributed by atoms with van der Waals surface area (Å²) in [7, 11) is 0. The van der Waals surface area contributed by atoms with Gasteiger partial charge in [0.1, 0.15) is 0 Å². The van der Waals surface area contributed by atoms with Crippen molar-refractivity contribution >= 4 is 29.2 Å². The van der Waals surface area contributed by atoms with Gasteiger partial charge in [-0.15, -0.1) is 0 Å². The molecule has 0 saturated carbocycles. The van der Waals surface area contributed by atoms with Crippen molar-refractivity contribution in [1.29, 1.82) is 0 Å². The zero-order chi connectivity index (χ0) is 12.7. The molecule has 0 amide bonds. The number of hydrogen-bond acceptors (Lipinski definition) is 2. The SMILES string of the molecule is CCCCCCOC(=O)c1ccc(Cl)c(Cl)c1. The van der Waals surface area contributed by atoms with Gasteiger partial charge in [-0.2, -0.15) is 0 Å². The van der Waals surface area contributed by atoms with Crippen LogP contribution in [-0.4, -0.2) is 12.6 Å². The third kappa shape index (κ3) is 4.97. The maximum Gasteiger partial charge on any atom is 0.338 e. The number of carbonyl (C=O) groups is 1. The number of hydrogen-bond donors (Lipinski definition) is 0. The zero-order valence-corrected chi connectivity index (χ0v) is 11.4. The van der Waals surface area contributed by atoms with Gasteiger partial charge in [-0.05, 0) is 24.6 Å². The minimum atomic E-state index is -0.347. The molecule has 17 heavy (non-hydrogen) atoms. The smallest absolute Gasteiger partial charge is 0.338 e. The lowest BCUT2D eigenvalue weighted by Gasteiger charge is -2.05. The van der Waals surface area contributed by atoms with Gasteiger partial charge in [0, 0.05) is 0 Å². The molecule has 0 heterocycles. The molecule has 0 atom stereocenters. The molecule has 0 bridgehead atoms. The second-order valence-corrected chi connectivity index (χ2v) is 4.64. The molecule has 0 saturated heterocycles. The van der Waals surface area contributed by atoms with Gasteiger partial charge in [0.2, 0.25) is 0 Å². The normalized spacial score (nSPS) is 10.3. The van der Waals surface area contributed by atoms with Crippen molar-refractivity contribution in [1.82, 2.24) is 0 Å². The number of carbonyl (C=O) groups excluding carboxylic acids is 1. The Hall–Kier alpha value is -0.730. The Bertz CT molecular complexity index is 378. The minimum absolute atomic E-state index is 0.347. The van der Waals surface area contributed by atoms with Crippen molar-refractivity contribution in [2.75, 3.05) is 6.61 Å². The third-order valence-electron chi connectivity index (χ3n) is 2.39. The Morgan fingerprint density at radius 1 is 1.18 bits per heavy atom. The summed E-state index contributed by atoms with van der Waals surface area (Å²) in [6, 6.07) is 4.73. The van der Waals surface area contributed by atoms with E-state index in [1.807, 2.05) is 0 Å². The number of halogens is 2. The van der Waals surface area contributed by atoms with Crippen molar-refractivity contribution in [2.24, 2.45) is 0 Å². The summed E-state index contributed by atoms with van der Waals surface area (Å²) in [5, 5.41) is 0.804. The van der Waals surface area contributed by atoms with Crippen LogP contribution < -0.4 is 0 Å². The highest BCUT2D eigenvalue weighted by Crippen LogP contribution is 2.22. The molecule has 0 aliphatic heterocycles. The van der Waals surface area contributed by atoms with Crippen molar-refractivity contribution in [3.63, 3.8) is 0 Å². The van der Waals surface area contributed by atoms with Crippen LogP contribution in [0.1, 0.15) is 43.0 Å². The molecule has 0 aromatic heterocycles. The fourth-order valence-corrected chi connectivity index (χ4v) is 1.70. The van der Waals surface area contributed by atoms with Crippen molar-refractivity contribution in [3.05, 3.63) is 33.8 Å². The number of unbranched alkanes of at least 4 members (excludes halogenated alkanes) is 3. The minimum Gasteiger partial charge on any atom is -0.462 e. The molecule has 1 aromatic rings. The number of ether oxygens (including phenoxy) is 1. The van der Waals surface area contributed by atoms with E-state index in [0.29, 0.717) is 22.2 Å². The van der Waals surface area contributed by atoms with E-state index in [-0.39, 0.29) is 5.97 Å². The summed E-state index contributed by atoms with van der Waals surface area (Å²) < 4.78 is 5.13. The summed E-state index contributed by atoms with van der Waals surface area (Å²) >= 11 is 11.6. The molecule has 0 unspecified atom stereocenters. The van der Waals surface area contributed by atoms with Gasteiger partial charge in [0.15, 0.2) is 0 Å². The largest absolute Gasteiger partial charge is 0.462 e. The molecule has 1 rings (SSSR count). The fourth-order valence-electron chi connectivity index (χ4n) is 1.40. The molecule has 2 nitrogen and oxygen atoms in total. The maximum atomic E-state index is 11.6. The monoisotopic (exact) mass is 274 g/mol. The van der Waals surface area contributed by atoms with Gasteiger partial charge in [-0.1, -0.05) is 49.4 Å². The van der Waals surface area contributed by atoms with Gasteiger partial charge < -0.3 is 4.74 Å². The van der Waals surface area contributed by atoms with Gasteiger partial charge in [-0.3, -0.25) is 0 Å². The van der Waals surface area contributed by atoms with Crippen molar-refractivity contribution in [2.45, 2.75) is 32.6 Å². The average molecular weight is 275 g/mol. The van der Waals surface area contributed by atoms with E-state index < -0.39 is 0 Å². The zero-order valence-electron chi connectivity index (χ0n) is 9.84. The average Bonchev–Trinajstić information content (AvgIpc) is 2.32. The third-order valence-corrected chi connectivity index (χ3v) is 3.13. The Morgan fingerprint density at radius 2 is 1.94 bits per heavy atom. The number of esters is 1. The van der Waals surface area contributed by atoms with E-state index in [1.54, 1.807) is 12.1 Å². The van der Waals surface area contributed by atoms with E-state index in [4.69, 9.17) is 27.9 Å². The van der Waals surface area contributed by atoms with E-state index >= 15 is 0 Å². The van der Waals surface area contributed by atoms with Crippen LogP contribution in [0.3, 0.4) is 0 Å². The van der Waals surface area contributed by atoms with Gasteiger partial charge in [-0.25, -0.2) is 4.79 Å². The predicted molar refractivity (Wildman–Crippen MR) is 70.9 cm³/mol. The standard InChI is InChI=1S/C13H16Cl2O2/c1-2-3-4-5-8-17-13(16)10-6-7-11(14)12(15)9-10/h6-7,9H,2-5,8H2,1H3. The Kier molecular flexibility index (Phi) is 6.38. The first-order chi connectivity index (χ1) is 8.15. The summed E-state index contributed by atoms with van der Waals surface area (Å²) in [4.78, 5) is 11.6. The fraction of sp³-hybridized carbons (Fsp3) is 0.462.